The first-order valence-electron chi connectivity index (χ1n) is 10.1. The maximum absolute atomic E-state index is 13.5. The SMILES string of the molecule is CC(=O)C[C@@H]1N=C(c2ccc(F)cc2)c2c(sc(C)c2C)-n2c(C)nnc21.CCC. The molecule has 0 aliphatic carbocycles. The smallest absolute Gasteiger partial charge is 0.163 e. The number of Topliss-reactive ketones (excluding diaryl/α,β-unsaturated/α-hetero) is 1. The fourth-order valence-electron chi connectivity index (χ4n) is 3.40. The predicted molar refractivity (Wildman–Crippen MR) is 119 cm³/mol. The first kappa shape index (κ1) is 22.0. The third kappa shape index (κ3) is 4.12. The number of aryl methyl sites for hydroxylation is 2. The van der Waals surface area contributed by atoms with Crippen molar-refractivity contribution < 1.29 is 9.18 Å². The summed E-state index contributed by atoms with van der Waals surface area (Å²) in [4.78, 5) is 18.0. The van der Waals surface area contributed by atoms with Crippen molar-refractivity contribution in [2.45, 2.75) is 60.4 Å². The molecule has 0 amide bonds. The Morgan fingerprint density at radius 2 is 1.77 bits per heavy atom. The van der Waals surface area contributed by atoms with Crippen LogP contribution in [0.25, 0.3) is 5.00 Å². The van der Waals surface area contributed by atoms with Crippen molar-refractivity contribution in [1.29, 1.82) is 0 Å². The molecule has 1 atom stereocenters. The van der Waals surface area contributed by atoms with Gasteiger partial charge in [-0.05, 0) is 57.5 Å². The molecular formula is C23H27FN4OS. The maximum atomic E-state index is 13.5. The Balaban J connectivity index is 0.000000806. The number of ketones is 1. The van der Waals surface area contributed by atoms with E-state index >= 15 is 0 Å². The van der Waals surface area contributed by atoms with Gasteiger partial charge in [-0.3, -0.25) is 14.4 Å². The zero-order valence-electron chi connectivity index (χ0n) is 18.3. The first-order valence-corrected chi connectivity index (χ1v) is 11.0. The molecule has 30 heavy (non-hydrogen) atoms. The van der Waals surface area contributed by atoms with Crippen LogP contribution in [0.3, 0.4) is 0 Å². The molecule has 7 heteroatoms. The average molecular weight is 427 g/mol. The molecule has 0 saturated heterocycles. The molecule has 0 unspecified atom stereocenters. The van der Waals surface area contributed by atoms with Crippen LogP contribution in [0.4, 0.5) is 4.39 Å². The van der Waals surface area contributed by atoms with Crippen LogP contribution < -0.4 is 0 Å². The maximum Gasteiger partial charge on any atom is 0.163 e. The molecule has 0 spiro atoms. The molecular weight excluding hydrogens is 399 g/mol. The van der Waals surface area contributed by atoms with Crippen molar-refractivity contribution >= 4 is 22.8 Å². The largest absolute Gasteiger partial charge is 0.300 e. The van der Waals surface area contributed by atoms with Crippen molar-refractivity contribution in [2.24, 2.45) is 4.99 Å². The Morgan fingerprint density at radius 3 is 2.37 bits per heavy atom. The fraction of sp³-hybridized carbons (Fsp3) is 0.391. The van der Waals surface area contributed by atoms with Gasteiger partial charge in [-0.25, -0.2) is 4.39 Å². The van der Waals surface area contributed by atoms with Crippen LogP contribution in [0.2, 0.25) is 0 Å². The van der Waals surface area contributed by atoms with Crippen LogP contribution >= 0.6 is 11.3 Å². The molecule has 4 rings (SSSR count). The standard InChI is InChI=1S/C20H19FN4OS.C3H8/c1-10(26)9-16-19-24-23-13(4)25(19)20-17(11(2)12(3)27-20)18(22-16)14-5-7-15(21)8-6-14;1-3-2/h5-8,16H,9H2,1-4H3;3H2,1-2H3/t16-;/m0./s1. The molecule has 5 nitrogen and oxygen atoms in total. The van der Waals surface area contributed by atoms with Gasteiger partial charge < -0.3 is 0 Å². The average Bonchev–Trinajstić information content (AvgIpc) is 3.16. The van der Waals surface area contributed by atoms with Gasteiger partial charge in [0.25, 0.3) is 0 Å². The number of aromatic nitrogens is 3. The summed E-state index contributed by atoms with van der Waals surface area (Å²) in [6, 6.07) is 5.90. The summed E-state index contributed by atoms with van der Waals surface area (Å²) in [7, 11) is 0. The molecule has 1 aliphatic heterocycles. The van der Waals surface area contributed by atoms with Crippen molar-refractivity contribution in [3.63, 3.8) is 0 Å². The minimum atomic E-state index is -0.428. The number of halogens is 1. The van der Waals surface area contributed by atoms with Gasteiger partial charge in [0.2, 0.25) is 0 Å². The summed E-state index contributed by atoms with van der Waals surface area (Å²) < 4.78 is 15.5. The van der Waals surface area contributed by atoms with E-state index in [0.29, 0.717) is 5.82 Å². The third-order valence-corrected chi connectivity index (χ3v) is 6.03. The highest BCUT2D eigenvalue weighted by atomic mass is 32.1. The summed E-state index contributed by atoms with van der Waals surface area (Å²) in [6.45, 7) is 11.8. The van der Waals surface area contributed by atoms with Crippen molar-refractivity contribution in [3.05, 3.63) is 63.3 Å². The number of benzene rings is 1. The number of carbonyl (C=O) groups is 1. The monoisotopic (exact) mass is 426 g/mol. The van der Waals surface area contributed by atoms with Crippen molar-refractivity contribution in [1.82, 2.24) is 14.8 Å². The summed E-state index contributed by atoms with van der Waals surface area (Å²) in [5, 5.41) is 9.56. The lowest BCUT2D eigenvalue weighted by atomic mass is 9.99. The second-order valence-electron chi connectivity index (χ2n) is 7.52. The summed E-state index contributed by atoms with van der Waals surface area (Å²) in [5.74, 6) is 1.17. The lowest BCUT2D eigenvalue weighted by molar-refractivity contribution is -0.117. The van der Waals surface area contributed by atoms with E-state index in [0.717, 1.165) is 33.2 Å². The van der Waals surface area contributed by atoms with Crippen LogP contribution in [-0.4, -0.2) is 26.3 Å². The van der Waals surface area contributed by atoms with E-state index < -0.39 is 6.04 Å². The zero-order chi connectivity index (χ0) is 22.0. The van der Waals surface area contributed by atoms with E-state index in [2.05, 4.69) is 37.9 Å². The third-order valence-electron chi connectivity index (χ3n) is 4.84. The normalized spacial score (nSPS) is 14.8. The second kappa shape index (κ2) is 9.00. The number of hydrogen-bond donors (Lipinski definition) is 0. The highest BCUT2D eigenvalue weighted by Crippen LogP contribution is 2.39. The molecule has 158 valence electrons. The Bertz CT molecular complexity index is 1100. The molecule has 2 aromatic heterocycles. The fourth-order valence-corrected chi connectivity index (χ4v) is 4.62. The van der Waals surface area contributed by atoms with E-state index in [4.69, 9.17) is 4.99 Å². The van der Waals surface area contributed by atoms with E-state index in [1.54, 1.807) is 30.4 Å². The molecule has 0 fully saturated rings. The highest BCUT2D eigenvalue weighted by Gasteiger charge is 2.31. The van der Waals surface area contributed by atoms with Gasteiger partial charge in [0.15, 0.2) is 5.82 Å². The van der Waals surface area contributed by atoms with Crippen LogP contribution in [0.5, 0.6) is 0 Å². The van der Waals surface area contributed by atoms with Crippen LogP contribution in [0.1, 0.15) is 72.9 Å². The summed E-state index contributed by atoms with van der Waals surface area (Å²) in [6.07, 6.45) is 1.50. The summed E-state index contributed by atoms with van der Waals surface area (Å²) >= 11 is 1.66. The van der Waals surface area contributed by atoms with Gasteiger partial charge in [0.05, 0.1) is 5.71 Å². The van der Waals surface area contributed by atoms with Crippen LogP contribution in [0.15, 0.2) is 29.3 Å². The Kier molecular flexibility index (Phi) is 6.61. The van der Waals surface area contributed by atoms with Gasteiger partial charge in [0, 0.05) is 22.4 Å². The van der Waals surface area contributed by atoms with Gasteiger partial charge in [-0.1, -0.05) is 20.3 Å². The number of carbonyl (C=O) groups excluding carboxylic acids is 1. The zero-order valence-corrected chi connectivity index (χ0v) is 19.1. The topological polar surface area (TPSA) is 60.1 Å². The van der Waals surface area contributed by atoms with Crippen molar-refractivity contribution in [3.8, 4) is 5.00 Å². The molecule has 1 aromatic carbocycles. The quantitative estimate of drug-likeness (QED) is 0.541. The molecule has 0 saturated carbocycles. The molecule has 0 N–H and O–H groups in total. The van der Waals surface area contributed by atoms with E-state index in [-0.39, 0.29) is 18.0 Å². The number of hydrogen-bond acceptors (Lipinski definition) is 5. The molecule has 0 bridgehead atoms. The van der Waals surface area contributed by atoms with E-state index in [9.17, 15) is 9.18 Å². The van der Waals surface area contributed by atoms with E-state index in [1.807, 2.05) is 11.5 Å². The number of fused-ring (bicyclic) bond motifs is 3. The van der Waals surface area contributed by atoms with Gasteiger partial charge in [-0.2, -0.15) is 0 Å². The molecule has 1 aliphatic rings. The highest BCUT2D eigenvalue weighted by molar-refractivity contribution is 7.15. The number of aliphatic imine (C=N–C) groups is 1. The minimum Gasteiger partial charge on any atom is -0.300 e. The summed E-state index contributed by atoms with van der Waals surface area (Å²) in [5.41, 5.74) is 3.71. The van der Waals surface area contributed by atoms with Gasteiger partial charge in [-0.15, -0.1) is 21.5 Å². The van der Waals surface area contributed by atoms with Crippen molar-refractivity contribution in [2.75, 3.05) is 0 Å². The molecule has 0 radical (unpaired) electrons. The van der Waals surface area contributed by atoms with E-state index in [1.165, 1.54) is 23.4 Å². The number of rotatable bonds is 3. The predicted octanol–water partition coefficient (Wildman–Crippen LogP) is 5.68. The second-order valence-corrected chi connectivity index (χ2v) is 8.72. The van der Waals surface area contributed by atoms with Crippen LogP contribution in [-0.2, 0) is 4.79 Å². The Hall–Kier alpha value is -2.67. The first-order chi connectivity index (χ1) is 14.3. The number of nitrogens with zero attached hydrogens (tertiary/aromatic N) is 4. The molecule has 3 heterocycles. The van der Waals surface area contributed by atoms with Gasteiger partial charge in [0.1, 0.15) is 28.5 Å². The minimum absolute atomic E-state index is 0.0348. The Labute approximate surface area is 180 Å². The van der Waals surface area contributed by atoms with Gasteiger partial charge >= 0.3 is 0 Å². The molecule has 3 aromatic rings. The van der Waals surface area contributed by atoms with Crippen LogP contribution in [0, 0.1) is 26.6 Å². The lowest BCUT2D eigenvalue weighted by Crippen LogP contribution is -2.09. The number of thiophene rings is 1. The Morgan fingerprint density at radius 1 is 1.13 bits per heavy atom. The lowest BCUT2D eigenvalue weighted by Gasteiger charge is -2.11.